The van der Waals surface area contributed by atoms with Crippen molar-refractivity contribution in [1.29, 1.82) is 0 Å². The Labute approximate surface area is 233 Å². The van der Waals surface area contributed by atoms with Gasteiger partial charge in [0.25, 0.3) is 0 Å². The summed E-state index contributed by atoms with van der Waals surface area (Å²) >= 11 is 0. The second kappa shape index (κ2) is 12.0. The van der Waals surface area contributed by atoms with Crippen LogP contribution in [0.2, 0.25) is 0 Å². The molecule has 37 heavy (non-hydrogen) atoms. The molecule has 6 heteroatoms. The van der Waals surface area contributed by atoms with Crippen LogP contribution in [0.4, 0.5) is 0 Å². The molecule has 1 N–H and O–H groups in total. The van der Waals surface area contributed by atoms with Crippen molar-refractivity contribution in [1.82, 2.24) is 9.97 Å². The average Bonchev–Trinajstić information content (AvgIpc) is 3.15. The molecule has 4 rings (SSSR count). The third-order valence-corrected chi connectivity index (χ3v) is 5.77. The Morgan fingerprint density at radius 3 is 2.08 bits per heavy atom. The van der Waals surface area contributed by atoms with E-state index in [9.17, 15) is 4.79 Å². The molecule has 0 spiro atoms. The molecule has 0 fully saturated rings. The van der Waals surface area contributed by atoms with Crippen molar-refractivity contribution in [3.05, 3.63) is 82.4 Å². The van der Waals surface area contributed by atoms with Gasteiger partial charge in [-0.25, -0.2) is 4.98 Å². The van der Waals surface area contributed by atoms with Crippen molar-refractivity contribution >= 4 is 16.9 Å². The van der Waals surface area contributed by atoms with E-state index in [1.54, 1.807) is 6.33 Å². The second-order valence-corrected chi connectivity index (χ2v) is 10.4. The number of hydrogen-bond acceptors (Lipinski definition) is 5. The number of rotatable bonds is 3. The number of carbonyl (C=O) groups excluding carboxylic acids is 1. The molecule has 2 heterocycles. The summed E-state index contributed by atoms with van der Waals surface area (Å²) in [6.07, 6.45) is 2.77. The molecule has 0 atom stereocenters. The van der Waals surface area contributed by atoms with Gasteiger partial charge < -0.3 is 9.52 Å². The molecule has 0 bridgehead atoms. The molecule has 0 aliphatic carbocycles. The quantitative estimate of drug-likeness (QED) is 0.136. The Morgan fingerprint density at radius 2 is 1.59 bits per heavy atom. The number of aliphatic hydroxyl groups excluding tert-OH is 1. The number of allylic oxidation sites excluding steroid dienone is 2. The Balaban J connectivity index is 0.000000532. The monoisotopic (exact) mass is 676 g/mol. The number of aryl methyl sites for hydroxylation is 4. The summed E-state index contributed by atoms with van der Waals surface area (Å²) in [7, 11) is 0. The van der Waals surface area contributed by atoms with Gasteiger partial charge in [0.1, 0.15) is 23.2 Å². The Hall–Kier alpha value is -3.08. The number of nitrogens with zero attached hydrogens (tertiary/aromatic N) is 2. The van der Waals surface area contributed by atoms with E-state index in [0.29, 0.717) is 5.58 Å². The number of hydrogen-bond donors (Lipinski definition) is 1. The van der Waals surface area contributed by atoms with E-state index in [2.05, 4.69) is 81.8 Å². The SMILES string of the molecule is CC(=O)/C=C(/C)O.Cc1[c-]c(-c2ncnc3cc(-c4c(C)cc(C(C)(C)C)cc4C)oc23)cc(C)c1.[Ir]. The Morgan fingerprint density at radius 1 is 0.973 bits per heavy atom. The number of aliphatic hydroxyl groups is 1. The minimum atomic E-state index is -0.125. The molecule has 2 aromatic heterocycles. The number of benzene rings is 2. The van der Waals surface area contributed by atoms with E-state index in [0.717, 1.165) is 33.7 Å². The maximum atomic E-state index is 10.0. The van der Waals surface area contributed by atoms with Crippen LogP contribution in [0.5, 0.6) is 0 Å². The minimum absolute atomic E-state index is 0. The predicted molar refractivity (Wildman–Crippen MR) is 146 cm³/mol. The fourth-order valence-electron chi connectivity index (χ4n) is 4.27. The fraction of sp³-hybridized carbons (Fsp3) is 0.323. The zero-order chi connectivity index (χ0) is 26.8. The van der Waals surface area contributed by atoms with Crippen molar-refractivity contribution in [2.45, 2.75) is 67.7 Å². The molecule has 2 aromatic carbocycles. The first-order valence-electron chi connectivity index (χ1n) is 12.0. The molecule has 1 radical (unpaired) electrons. The molecular weight excluding hydrogens is 641 g/mol. The van der Waals surface area contributed by atoms with Crippen LogP contribution in [0.3, 0.4) is 0 Å². The van der Waals surface area contributed by atoms with Crippen LogP contribution in [0.25, 0.3) is 33.7 Å². The predicted octanol–water partition coefficient (Wildman–Crippen LogP) is 7.92. The van der Waals surface area contributed by atoms with Gasteiger partial charge in [0.05, 0.1) is 5.76 Å². The first-order valence-corrected chi connectivity index (χ1v) is 12.0. The Kier molecular flexibility index (Phi) is 9.76. The summed E-state index contributed by atoms with van der Waals surface area (Å²) in [6, 6.07) is 14.2. The molecule has 5 nitrogen and oxygen atoms in total. The summed E-state index contributed by atoms with van der Waals surface area (Å²) < 4.78 is 6.36. The van der Waals surface area contributed by atoms with Crippen LogP contribution >= 0.6 is 0 Å². The molecule has 0 aliphatic heterocycles. The third-order valence-electron chi connectivity index (χ3n) is 5.77. The molecule has 0 aliphatic rings. The first-order chi connectivity index (χ1) is 16.8. The zero-order valence-electron chi connectivity index (χ0n) is 23.0. The van der Waals surface area contributed by atoms with Crippen LogP contribution in [0.15, 0.2) is 52.9 Å². The largest absolute Gasteiger partial charge is 0.512 e. The number of furan rings is 1. The number of fused-ring (bicyclic) bond motifs is 1. The maximum absolute atomic E-state index is 10.0. The van der Waals surface area contributed by atoms with Gasteiger partial charge in [-0.2, -0.15) is 0 Å². The molecular formula is C31H35IrN2O3-. The molecule has 0 saturated carbocycles. The molecule has 0 saturated heterocycles. The standard InChI is InChI=1S/C26H27N2O.C5H8O2.Ir/c1-15-8-16(2)10-19(9-15)24-25-21(27-14-28-24)13-22(29-25)23-17(3)11-20(12-18(23)4)26(5,6)7;1-4(6)3-5(2)7;/h8-9,11-14H,1-7H3;3,6H,1-2H3;/q-1;;/b;4-3-;. The Bertz CT molecular complexity index is 1410. The summed E-state index contributed by atoms with van der Waals surface area (Å²) in [5.74, 6) is 0.772. The average molecular weight is 676 g/mol. The van der Waals surface area contributed by atoms with Crippen molar-refractivity contribution in [2.75, 3.05) is 0 Å². The smallest absolute Gasteiger partial charge is 0.155 e. The van der Waals surface area contributed by atoms with Crippen molar-refractivity contribution in [3.8, 4) is 22.6 Å². The molecule has 197 valence electrons. The van der Waals surface area contributed by atoms with Crippen molar-refractivity contribution in [2.24, 2.45) is 0 Å². The third kappa shape index (κ3) is 7.47. The van der Waals surface area contributed by atoms with Crippen LogP contribution < -0.4 is 0 Å². The van der Waals surface area contributed by atoms with Crippen molar-refractivity contribution < 1.29 is 34.4 Å². The van der Waals surface area contributed by atoms with Gasteiger partial charge in [0.15, 0.2) is 5.78 Å². The minimum Gasteiger partial charge on any atom is -0.512 e. The molecule has 0 unspecified atom stereocenters. The van der Waals surface area contributed by atoms with Crippen LogP contribution in [-0.2, 0) is 30.3 Å². The molecule has 0 amide bonds. The van der Waals surface area contributed by atoms with Gasteiger partial charge in [0.2, 0.25) is 0 Å². The summed E-state index contributed by atoms with van der Waals surface area (Å²) in [4.78, 5) is 19.0. The fourth-order valence-corrected chi connectivity index (χ4v) is 4.27. The topological polar surface area (TPSA) is 76.2 Å². The van der Waals surface area contributed by atoms with Gasteiger partial charge in [0, 0.05) is 43.5 Å². The number of aromatic nitrogens is 2. The van der Waals surface area contributed by atoms with Gasteiger partial charge >= 0.3 is 0 Å². The maximum Gasteiger partial charge on any atom is 0.155 e. The van der Waals surface area contributed by atoms with Gasteiger partial charge in [-0.05, 0) is 49.8 Å². The van der Waals surface area contributed by atoms with Crippen LogP contribution in [-0.4, -0.2) is 20.9 Å². The second-order valence-electron chi connectivity index (χ2n) is 10.4. The van der Waals surface area contributed by atoms with E-state index >= 15 is 0 Å². The van der Waals surface area contributed by atoms with E-state index in [-0.39, 0.29) is 37.1 Å². The van der Waals surface area contributed by atoms with E-state index < -0.39 is 0 Å². The van der Waals surface area contributed by atoms with Gasteiger partial charge in [-0.15, -0.1) is 34.9 Å². The molecule has 4 aromatic rings. The number of ketones is 1. The van der Waals surface area contributed by atoms with Gasteiger partial charge in [-0.3, -0.25) is 9.78 Å². The zero-order valence-corrected chi connectivity index (χ0v) is 25.4. The van der Waals surface area contributed by atoms with Gasteiger partial charge in [-0.1, -0.05) is 46.8 Å². The first kappa shape index (κ1) is 30.1. The summed E-state index contributed by atoms with van der Waals surface area (Å²) in [5.41, 5.74) is 10.5. The van der Waals surface area contributed by atoms with E-state index in [1.165, 1.54) is 42.2 Å². The summed E-state index contributed by atoms with van der Waals surface area (Å²) in [6.45, 7) is 18.0. The van der Waals surface area contributed by atoms with E-state index in [4.69, 9.17) is 9.52 Å². The normalized spacial score (nSPS) is 11.5. The van der Waals surface area contributed by atoms with Crippen molar-refractivity contribution in [3.63, 3.8) is 0 Å². The number of carbonyl (C=O) groups is 1. The van der Waals surface area contributed by atoms with Crippen LogP contribution in [0, 0.1) is 33.8 Å². The van der Waals surface area contributed by atoms with E-state index in [1.807, 2.05) is 13.0 Å². The summed E-state index contributed by atoms with van der Waals surface area (Å²) in [5, 5.41) is 8.36. The van der Waals surface area contributed by atoms with Crippen LogP contribution in [0.1, 0.15) is 62.4 Å².